The third kappa shape index (κ3) is 7.66. The summed E-state index contributed by atoms with van der Waals surface area (Å²) in [6.07, 6.45) is 2.21. The van der Waals surface area contributed by atoms with Crippen molar-refractivity contribution in [1.29, 1.82) is 0 Å². The standard InChI is InChI=1S/C29H33N5O5S/c1-2-21-27(38)33-23(16-18-8-4-3-5-9-18)29-34-24(17-40-29)26(37)30-15-7-6-10-22(28(39)31-21)32-25(36)19-11-13-20(35)14-12-19/h3-5,8-9,11-14,17,21-23,35H,2,6-7,10,15-16H2,1H3,(H,30,37)(H,31,39)(H,32,36)(H,33,38)/t21-,22+,23+/m1/s1. The van der Waals surface area contributed by atoms with E-state index in [0.29, 0.717) is 54.9 Å². The van der Waals surface area contributed by atoms with Gasteiger partial charge in [0.1, 0.15) is 28.5 Å². The molecule has 3 aromatic rings. The van der Waals surface area contributed by atoms with E-state index < -0.39 is 29.9 Å². The summed E-state index contributed by atoms with van der Waals surface area (Å²) in [6, 6.07) is 13.1. The quantitative estimate of drug-likeness (QED) is 0.322. The van der Waals surface area contributed by atoms with Gasteiger partial charge >= 0.3 is 0 Å². The van der Waals surface area contributed by atoms with E-state index in [1.165, 1.54) is 35.6 Å². The first kappa shape index (κ1) is 28.8. The fourth-order valence-corrected chi connectivity index (χ4v) is 5.24. The van der Waals surface area contributed by atoms with Gasteiger partial charge in [0, 0.05) is 17.5 Å². The van der Waals surface area contributed by atoms with Gasteiger partial charge in [-0.05, 0) is 61.9 Å². The van der Waals surface area contributed by atoms with Crippen molar-refractivity contribution in [2.45, 2.75) is 57.2 Å². The molecule has 0 fully saturated rings. The van der Waals surface area contributed by atoms with Crippen molar-refractivity contribution in [2.24, 2.45) is 0 Å². The molecule has 0 unspecified atom stereocenters. The molecule has 2 bridgehead atoms. The number of aromatic nitrogens is 1. The van der Waals surface area contributed by atoms with Crippen LogP contribution in [0.3, 0.4) is 0 Å². The number of carbonyl (C=O) groups excluding carboxylic acids is 4. The normalized spacial score (nSPS) is 20.6. The molecule has 4 amide bonds. The number of fused-ring (bicyclic) bond motifs is 2. The smallest absolute Gasteiger partial charge is 0.270 e. The molecule has 40 heavy (non-hydrogen) atoms. The van der Waals surface area contributed by atoms with Crippen molar-refractivity contribution in [3.05, 3.63) is 81.8 Å². The first-order valence-corrected chi connectivity index (χ1v) is 14.2. The number of phenols is 1. The molecule has 4 rings (SSSR count). The van der Waals surface area contributed by atoms with E-state index >= 15 is 0 Å². The number of benzene rings is 2. The Morgan fingerprint density at radius 2 is 1.73 bits per heavy atom. The van der Waals surface area contributed by atoms with Crippen molar-refractivity contribution in [1.82, 2.24) is 26.3 Å². The lowest BCUT2D eigenvalue weighted by Crippen LogP contribution is -2.54. The zero-order valence-electron chi connectivity index (χ0n) is 22.2. The van der Waals surface area contributed by atoms with E-state index in [-0.39, 0.29) is 17.6 Å². The highest BCUT2D eigenvalue weighted by Gasteiger charge is 2.29. The van der Waals surface area contributed by atoms with Gasteiger partial charge in [-0.25, -0.2) is 4.98 Å². The maximum absolute atomic E-state index is 13.4. The molecule has 1 aliphatic rings. The van der Waals surface area contributed by atoms with Crippen LogP contribution in [0.15, 0.2) is 60.0 Å². The Labute approximate surface area is 236 Å². The van der Waals surface area contributed by atoms with E-state index in [9.17, 15) is 24.3 Å². The zero-order valence-corrected chi connectivity index (χ0v) is 23.0. The van der Waals surface area contributed by atoms with E-state index in [1.54, 1.807) is 12.3 Å². The van der Waals surface area contributed by atoms with Crippen molar-refractivity contribution in [3.63, 3.8) is 0 Å². The number of nitrogens with zero attached hydrogens (tertiary/aromatic N) is 1. The lowest BCUT2D eigenvalue weighted by Gasteiger charge is -2.25. The van der Waals surface area contributed by atoms with Gasteiger partial charge in [0.05, 0.1) is 6.04 Å². The van der Waals surface area contributed by atoms with Gasteiger partial charge in [-0.15, -0.1) is 11.3 Å². The molecule has 2 aromatic carbocycles. The molecule has 0 saturated carbocycles. The summed E-state index contributed by atoms with van der Waals surface area (Å²) < 4.78 is 0. The topological polar surface area (TPSA) is 150 Å². The van der Waals surface area contributed by atoms with Gasteiger partial charge in [-0.1, -0.05) is 37.3 Å². The maximum Gasteiger partial charge on any atom is 0.270 e. The fourth-order valence-electron chi connectivity index (χ4n) is 4.39. The van der Waals surface area contributed by atoms with Crippen LogP contribution in [-0.4, -0.2) is 52.3 Å². The van der Waals surface area contributed by atoms with E-state index in [0.717, 1.165) is 5.56 Å². The van der Waals surface area contributed by atoms with Gasteiger partial charge in [-0.2, -0.15) is 0 Å². The van der Waals surface area contributed by atoms with Gasteiger partial charge in [0.2, 0.25) is 11.8 Å². The van der Waals surface area contributed by atoms with Crippen LogP contribution in [0.1, 0.15) is 70.1 Å². The molecule has 210 valence electrons. The third-order valence-corrected chi connectivity index (χ3v) is 7.61. The lowest BCUT2D eigenvalue weighted by molar-refractivity contribution is -0.130. The van der Waals surface area contributed by atoms with Crippen molar-refractivity contribution in [3.8, 4) is 5.75 Å². The van der Waals surface area contributed by atoms with Gasteiger partial charge < -0.3 is 26.4 Å². The summed E-state index contributed by atoms with van der Waals surface area (Å²) in [7, 11) is 0. The first-order valence-electron chi connectivity index (χ1n) is 13.3. The molecule has 10 nitrogen and oxygen atoms in total. The average Bonchev–Trinajstić information content (AvgIpc) is 3.45. The summed E-state index contributed by atoms with van der Waals surface area (Å²) in [4.78, 5) is 56.8. The van der Waals surface area contributed by atoms with Crippen molar-refractivity contribution in [2.75, 3.05) is 6.54 Å². The Kier molecular flexibility index (Phi) is 9.85. The largest absolute Gasteiger partial charge is 0.508 e. The van der Waals surface area contributed by atoms with Gasteiger partial charge in [0.25, 0.3) is 11.8 Å². The van der Waals surface area contributed by atoms with Crippen LogP contribution in [0.25, 0.3) is 0 Å². The van der Waals surface area contributed by atoms with Gasteiger partial charge in [-0.3, -0.25) is 19.2 Å². The van der Waals surface area contributed by atoms with Crippen LogP contribution in [0.5, 0.6) is 5.75 Å². The number of amides is 4. The number of nitrogens with one attached hydrogen (secondary N) is 4. The first-order chi connectivity index (χ1) is 19.3. The molecule has 0 saturated heterocycles. The highest BCUT2D eigenvalue weighted by Crippen LogP contribution is 2.23. The predicted molar refractivity (Wildman–Crippen MR) is 151 cm³/mol. The zero-order chi connectivity index (χ0) is 28.5. The summed E-state index contributed by atoms with van der Waals surface area (Å²) in [5, 5.41) is 23.2. The number of aromatic hydroxyl groups is 1. The Bertz CT molecular complexity index is 1330. The molecular weight excluding hydrogens is 530 g/mol. The monoisotopic (exact) mass is 563 g/mol. The second-order valence-corrected chi connectivity index (χ2v) is 10.5. The van der Waals surface area contributed by atoms with Crippen LogP contribution in [0, 0.1) is 0 Å². The minimum atomic E-state index is -0.898. The Morgan fingerprint density at radius 3 is 2.45 bits per heavy atom. The Morgan fingerprint density at radius 1 is 1.00 bits per heavy atom. The molecule has 3 atom stereocenters. The Hall–Kier alpha value is -4.25. The molecule has 0 radical (unpaired) electrons. The molecule has 1 aromatic heterocycles. The minimum Gasteiger partial charge on any atom is -0.508 e. The molecular formula is C29H33N5O5S. The van der Waals surface area contributed by atoms with Crippen LogP contribution >= 0.6 is 11.3 Å². The third-order valence-electron chi connectivity index (χ3n) is 6.65. The minimum absolute atomic E-state index is 0.0250. The summed E-state index contributed by atoms with van der Waals surface area (Å²) in [6.45, 7) is 2.18. The Balaban J connectivity index is 1.56. The second kappa shape index (κ2) is 13.7. The lowest BCUT2D eigenvalue weighted by atomic mass is 10.0. The molecule has 1 aliphatic heterocycles. The number of thiazole rings is 1. The van der Waals surface area contributed by atoms with Crippen molar-refractivity contribution >= 4 is 35.0 Å². The average molecular weight is 564 g/mol. The summed E-state index contributed by atoms with van der Waals surface area (Å²) in [5.74, 6) is -1.60. The molecule has 0 aliphatic carbocycles. The SMILES string of the molecule is CC[C@H]1NC(=O)[C@@H](NC(=O)c2ccc(O)cc2)CCCCNC(=O)c2csc(n2)[C@H](Cc2ccccc2)NC1=O. The highest BCUT2D eigenvalue weighted by molar-refractivity contribution is 7.09. The van der Waals surface area contributed by atoms with E-state index in [2.05, 4.69) is 26.3 Å². The van der Waals surface area contributed by atoms with Crippen LogP contribution in [0.2, 0.25) is 0 Å². The van der Waals surface area contributed by atoms with Crippen LogP contribution < -0.4 is 21.3 Å². The summed E-state index contributed by atoms with van der Waals surface area (Å²) in [5.41, 5.74) is 1.57. The molecule has 2 heterocycles. The van der Waals surface area contributed by atoms with Crippen LogP contribution in [0.4, 0.5) is 0 Å². The number of hydrogen-bond acceptors (Lipinski definition) is 7. The molecule has 5 N–H and O–H groups in total. The number of carbonyl (C=O) groups is 4. The second-order valence-electron chi connectivity index (χ2n) is 9.62. The highest BCUT2D eigenvalue weighted by atomic mass is 32.1. The molecule has 11 heteroatoms. The van der Waals surface area contributed by atoms with Gasteiger partial charge in [0.15, 0.2) is 0 Å². The van der Waals surface area contributed by atoms with E-state index in [4.69, 9.17) is 0 Å². The number of rotatable bonds is 5. The van der Waals surface area contributed by atoms with Crippen LogP contribution in [-0.2, 0) is 16.0 Å². The molecule has 0 spiro atoms. The summed E-state index contributed by atoms with van der Waals surface area (Å²) >= 11 is 1.30. The van der Waals surface area contributed by atoms with Crippen molar-refractivity contribution < 1.29 is 24.3 Å². The number of phenolic OH excluding ortho intramolecular Hbond substituents is 1. The number of hydrogen-bond donors (Lipinski definition) is 5. The fraction of sp³-hybridized carbons (Fsp3) is 0.345. The van der Waals surface area contributed by atoms with E-state index in [1.807, 2.05) is 30.3 Å². The predicted octanol–water partition coefficient (Wildman–Crippen LogP) is 2.86. The maximum atomic E-state index is 13.4.